The Labute approximate surface area is 443 Å². The Balaban J connectivity index is 0.000000199. The summed E-state index contributed by atoms with van der Waals surface area (Å²) >= 11 is 26.1. The summed E-state index contributed by atoms with van der Waals surface area (Å²) in [6.07, 6.45) is 2.08. The van der Waals surface area contributed by atoms with Gasteiger partial charge in [0.15, 0.2) is 0 Å². The maximum absolute atomic E-state index is 3.27. The molecule has 0 aliphatic rings. The van der Waals surface area contributed by atoms with Gasteiger partial charge in [0.05, 0.1) is 12.3 Å². The van der Waals surface area contributed by atoms with Gasteiger partial charge in [0, 0.05) is 0 Å². The van der Waals surface area contributed by atoms with Crippen LogP contribution in [0.1, 0.15) is 22.3 Å². The average Bonchev–Trinajstić information content (AvgIpc) is 3.29. The Hall–Kier alpha value is -0.501. The molecule has 0 atom stereocenters. The van der Waals surface area contributed by atoms with Crippen molar-refractivity contribution in [1.29, 1.82) is 0 Å². The van der Waals surface area contributed by atoms with E-state index >= 15 is 0 Å². The quantitative estimate of drug-likeness (QED) is 0.0946. The van der Waals surface area contributed by atoms with Crippen LogP contribution in [-0.4, -0.2) is 0 Å². The molecule has 8 aromatic carbocycles. The summed E-state index contributed by atoms with van der Waals surface area (Å²) in [5.74, 6) is 0. The Kier molecular flexibility index (Phi) is 23.0. The predicted molar refractivity (Wildman–Crippen MR) is 311 cm³/mol. The van der Waals surface area contributed by atoms with Crippen LogP contribution in [0.15, 0.2) is 231 Å². The molecule has 8 rings (SSSR count). The first-order chi connectivity index (χ1) is 30.6. The van der Waals surface area contributed by atoms with E-state index in [1.54, 1.807) is 0 Å². The molecule has 0 unspecified atom stereocenters. The van der Waals surface area contributed by atoms with E-state index in [2.05, 4.69) is 357 Å². The Bertz CT molecular complexity index is 2180. The van der Waals surface area contributed by atoms with Crippen molar-refractivity contribution < 1.29 is 11.2 Å². The van der Waals surface area contributed by atoms with E-state index in [1.165, 1.54) is 54.1 Å². The molecular weight excluding hydrogens is 1440 g/mol. The monoisotopic (exact) mass is 1480 g/mol. The van der Waals surface area contributed by atoms with Crippen molar-refractivity contribution in [2.24, 2.45) is 0 Å². The molecule has 64 heavy (non-hydrogen) atoms. The SMILES string of the molecule is Cc1ccccc1C[P+](c1ccccc1)(c1ccccc1)c1ccccc1.Cc1ccccc1C[P+](c1ccccc1)(c1ccccc1)c1ccccc1.[Br][Mn-]([Br])([Br])[Br].[Br][Mn-]([Br])([Br])[Br]. The molecule has 12 heteroatoms. The van der Waals surface area contributed by atoms with Gasteiger partial charge < -0.3 is 0 Å². The van der Waals surface area contributed by atoms with Crippen LogP contribution in [0.2, 0.25) is 0 Å². The van der Waals surface area contributed by atoms with Gasteiger partial charge in [-0.05, 0) is 109 Å². The molecule has 0 spiro atoms. The van der Waals surface area contributed by atoms with E-state index < -0.39 is 25.8 Å². The summed E-state index contributed by atoms with van der Waals surface area (Å²) in [4.78, 5) is 0. The Morgan fingerprint density at radius 1 is 0.266 bits per heavy atom. The van der Waals surface area contributed by atoms with Gasteiger partial charge >= 0.3 is 124 Å². The van der Waals surface area contributed by atoms with Crippen molar-refractivity contribution in [1.82, 2.24) is 0 Å². The van der Waals surface area contributed by atoms with Crippen molar-refractivity contribution >= 4 is 159 Å². The average molecular weight is 1480 g/mol. The summed E-state index contributed by atoms with van der Waals surface area (Å²) in [6, 6.07) is 84.1. The fourth-order valence-corrected chi connectivity index (χ4v) is 16.3. The third-order valence-electron chi connectivity index (χ3n) is 10.5. The zero-order valence-electron chi connectivity index (χ0n) is 35.0. The second-order valence-electron chi connectivity index (χ2n) is 14.4. The van der Waals surface area contributed by atoms with Crippen LogP contribution in [0.4, 0.5) is 0 Å². The molecule has 0 aromatic heterocycles. The fourth-order valence-electron chi connectivity index (χ4n) is 7.62. The minimum atomic E-state index is -1.80. The number of rotatable bonds is 10. The van der Waals surface area contributed by atoms with Gasteiger partial charge in [-0.1, -0.05) is 158 Å². The summed E-state index contributed by atoms with van der Waals surface area (Å²) in [5.41, 5.74) is 2.85. The van der Waals surface area contributed by atoms with E-state index in [9.17, 15) is 0 Å². The first-order valence-electron chi connectivity index (χ1n) is 19.9. The molecule has 0 heterocycles. The molecule has 0 aliphatic heterocycles. The van der Waals surface area contributed by atoms with Crippen molar-refractivity contribution in [3.8, 4) is 0 Å². The fraction of sp³-hybridized carbons (Fsp3) is 0.0769. The molecule has 0 saturated heterocycles. The third-order valence-corrected chi connectivity index (χ3v) is 19.2. The molecule has 0 fully saturated rings. The van der Waals surface area contributed by atoms with Crippen molar-refractivity contribution in [2.45, 2.75) is 26.2 Å². The predicted octanol–water partition coefficient (Wildman–Crippen LogP) is 17.7. The van der Waals surface area contributed by atoms with Crippen LogP contribution in [0, 0.1) is 13.8 Å². The van der Waals surface area contributed by atoms with Crippen LogP contribution >= 0.6 is 127 Å². The zero-order chi connectivity index (χ0) is 46.1. The van der Waals surface area contributed by atoms with E-state index in [4.69, 9.17) is 0 Å². The Morgan fingerprint density at radius 2 is 0.422 bits per heavy atom. The number of hydrogen-bond acceptors (Lipinski definition) is 0. The van der Waals surface area contributed by atoms with Gasteiger partial charge in [-0.2, -0.15) is 0 Å². The van der Waals surface area contributed by atoms with Gasteiger partial charge in [-0.25, -0.2) is 0 Å². The van der Waals surface area contributed by atoms with Crippen molar-refractivity contribution in [3.05, 3.63) is 253 Å². The van der Waals surface area contributed by atoms with Crippen LogP contribution in [0.5, 0.6) is 0 Å². The molecule has 0 amide bonds. The molecule has 8 aromatic rings. The minimum absolute atomic E-state index is 1.04. The van der Waals surface area contributed by atoms with E-state index in [1.807, 2.05) is 0 Å². The molecule has 336 valence electrons. The topological polar surface area (TPSA) is 0 Å². The van der Waals surface area contributed by atoms with E-state index in [-0.39, 0.29) is 0 Å². The molecular formula is C52H48Br8Mn2P2. The van der Waals surface area contributed by atoms with Gasteiger partial charge in [0.25, 0.3) is 0 Å². The van der Waals surface area contributed by atoms with Gasteiger partial charge in [0.2, 0.25) is 0 Å². The molecule has 0 nitrogen and oxygen atoms in total. The van der Waals surface area contributed by atoms with Gasteiger partial charge in [0.1, 0.15) is 46.4 Å². The summed E-state index contributed by atoms with van der Waals surface area (Å²) in [6.45, 7) is 4.45. The molecule has 0 radical (unpaired) electrons. The molecule has 0 aliphatic carbocycles. The van der Waals surface area contributed by atoms with Crippen LogP contribution in [-0.2, 0) is 23.6 Å². The Morgan fingerprint density at radius 3 is 0.594 bits per heavy atom. The van der Waals surface area contributed by atoms with Gasteiger partial charge in [-0.3, -0.25) is 0 Å². The normalized spacial score (nSPS) is 11.9. The van der Waals surface area contributed by atoms with Crippen molar-refractivity contribution in [2.75, 3.05) is 0 Å². The van der Waals surface area contributed by atoms with Crippen LogP contribution < -0.4 is 31.8 Å². The number of aryl methyl sites for hydroxylation is 2. The molecule has 0 N–H and O–H groups in total. The maximum atomic E-state index is 3.27. The summed E-state index contributed by atoms with van der Waals surface area (Å²) in [5, 5.41) is 8.61. The molecule has 0 saturated carbocycles. The molecule has 0 bridgehead atoms. The standard InChI is InChI=1S/2C26H24P.8BrH.2Mn/c2*1-22-13-11-12-14-23(22)21-27(24-15-5-2-6-16-24,25-17-7-3-8-18-25)26-19-9-4-10-20-26;;;;;;;;;;/h2*2-20H,21H2,1H3;8*1H;;/q2*+1;;;;;;;;;2*+3/p-8. The van der Waals surface area contributed by atoms with E-state index in [0.29, 0.717) is 0 Å². The van der Waals surface area contributed by atoms with Crippen LogP contribution in [0.25, 0.3) is 0 Å². The summed E-state index contributed by atoms with van der Waals surface area (Å²) in [7, 11) is -3.60. The first-order valence-corrected chi connectivity index (χ1v) is 47.2. The van der Waals surface area contributed by atoms with Crippen LogP contribution in [0.3, 0.4) is 0 Å². The number of halogens is 8. The van der Waals surface area contributed by atoms with Gasteiger partial charge in [-0.15, -0.1) is 0 Å². The number of hydrogen-bond donors (Lipinski definition) is 0. The first kappa shape index (κ1) is 54.4. The van der Waals surface area contributed by atoms with E-state index in [0.717, 1.165) is 12.3 Å². The second kappa shape index (κ2) is 27.0. The number of benzene rings is 8. The summed E-state index contributed by atoms with van der Waals surface area (Å²) < 4.78 is 0. The third kappa shape index (κ3) is 16.9. The van der Waals surface area contributed by atoms with Crippen molar-refractivity contribution in [3.63, 3.8) is 0 Å². The second-order valence-corrected chi connectivity index (χ2v) is 92.9. The zero-order valence-corrected chi connectivity index (χ0v) is 51.9.